The maximum Gasteiger partial charge on any atom is 0.262 e. The minimum absolute atomic E-state index is 0.0142. The van der Waals surface area contributed by atoms with Crippen LogP contribution in [0.5, 0.6) is 5.75 Å². The lowest BCUT2D eigenvalue weighted by Crippen LogP contribution is -2.25. The van der Waals surface area contributed by atoms with Crippen LogP contribution in [0.15, 0.2) is 42.5 Å². The number of hydrogen-bond donors (Lipinski definition) is 2. The first-order valence-electron chi connectivity index (χ1n) is 7.74. The van der Waals surface area contributed by atoms with E-state index in [1.54, 1.807) is 18.2 Å². The van der Waals surface area contributed by atoms with Crippen molar-refractivity contribution in [3.05, 3.63) is 53.1 Å². The Bertz CT molecular complexity index is 837. The Balaban J connectivity index is 1.45. The van der Waals surface area contributed by atoms with Gasteiger partial charge >= 0.3 is 0 Å². The second kappa shape index (κ2) is 5.83. The van der Waals surface area contributed by atoms with Gasteiger partial charge in [-0.15, -0.1) is 0 Å². The van der Waals surface area contributed by atoms with Gasteiger partial charge in [-0.25, -0.2) is 0 Å². The van der Waals surface area contributed by atoms with Gasteiger partial charge in [-0.05, 0) is 42.2 Å². The molecule has 2 amide bonds. The van der Waals surface area contributed by atoms with Crippen LogP contribution in [-0.2, 0) is 9.59 Å². The van der Waals surface area contributed by atoms with E-state index < -0.39 is 0 Å². The van der Waals surface area contributed by atoms with Crippen molar-refractivity contribution >= 4 is 34.8 Å². The van der Waals surface area contributed by atoms with E-state index in [0.29, 0.717) is 22.1 Å². The molecule has 2 aromatic carbocycles. The van der Waals surface area contributed by atoms with Gasteiger partial charge in [0.25, 0.3) is 5.91 Å². The van der Waals surface area contributed by atoms with E-state index >= 15 is 0 Å². The third-order valence-corrected chi connectivity index (χ3v) is 4.66. The largest absolute Gasteiger partial charge is 0.482 e. The number of benzene rings is 2. The van der Waals surface area contributed by atoms with Crippen LogP contribution < -0.4 is 15.4 Å². The van der Waals surface area contributed by atoms with E-state index in [9.17, 15) is 9.59 Å². The first kappa shape index (κ1) is 15.0. The fourth-order valence-electron chi connectivity index (χ4n) is 3.00. The standard InChI is InChI=1S/C18H15ClN2O3/c19-14-4-2-1-3-11(14)12-8-13(12)18(23)20-10-5-6-16-15(7-10)21-17(22)9-24-16/h1-7,12-13H,8-9H2,(H,20,23)(H,21,22). The van der Waals surface area contributed by atoms with Gasteiger partial charge in [0.15, 0.2) is 6.61 Å². The predicted octanol–water partition coefficient (Wildman–Crippen LogP) is 3.41. The van der Waals surface area contributed by atoms with Gasteiger partial charge in [-0.2, -0.15) is 0 Å². The summed E-state index contributed by atoms with van der Waals surface area (Å²) >= 11 is 6.20. The molecule has 0 spiro atoms. The Morgan fingerprint density at radius 3 is 2.92 bits per heavy atom. The van der Waals surface area contributed by atoms with E-state index in [1.807, 2.05) is 24.3 Å². The number of hydrogen-bond acceptors (Lipinski definition) is 3. The lowest BCUT2D eigenvalue weighted by Gasteiger charge is -2.18. The lowest BCUT2D eigenvalue weighted by molar-refractivity contribution is -0.119. The smallest absolute Gasteiger partial charge is 0.262 e. The minimum Gasteiger partial charge on any atom is -0.482 e. The quantitative estimate of drug-likeness (QED) is 0.898. The van der Waals surface area contributed by atoms with Crippen molar-refractivity contribution in [3.63, 3.8) is 0 Å². The zero-order valence-corrected chi connectivity index (χ0v) is 13.5. The molecule has 0 radical (unpaired) electrons. The molecule has 1 fully saturated rings. The Labute approximate surface area is 144 Å². The molecule has 1 saturated carbocycles. The Kier molecular flexibility index (Phi) is 3.65. The fraction of sp³-hybridized carbons (Fsp3) is 0.222. The zero-order valence-electron chi connectivity index (χ0n) is 12.7. The second-order valence-electron chi connectivity index (χ2n) is 6.01. The molecule has 0 saturated heterocycles. The van der Waals surface area contributed by atoms with Gasteiger partial charge < -0.3 is 15.4 Å². The summed E-state index contributed by atoms with van der Waals surface area (Å²) in [4.78, 5) is 23.8. The average molecular weight is 343 g/mol. The normalized spacial score (nSPS) is 21.3. The Hall–Kier alpha value is -2.53. The zero-order chi connectivity index (χ0) is 16.7. The minimum atomic E-state index is -0.202. The van der Waals surface area contributed by atoms with Crippen LogP contribution in [0.4, 0.5) is 11.4 Å². The number of anilines is 2. The molecule has 24 heavy (non-hydrogen) atoms. The lowest BCUT2D eigenvalue weighted by atomic mass is 10.1. The van der Waals surface area contributed by atoms with E-state index in [0.717, 1.165) is 12.0 Å². The van der Waals surface area contributed by atoms with Crippen LogP contribution in [-0.4, -0.2) is 18.4 Å². The monoisotopic (exact) mass is 342 g/mol. The van der Waals surface area contributed by atoms with Crippen molar-refractivity contribution in [2.24, 2.45) is 5.92 Å². The Morgan fingerprint density at radius 2 is 2.08 bits per heavy atom. The van der Waals surface area contributed by atoms with Crippen LogP contribution in [0.25, 0.3) is 0 Å². The van der Waals surface area contributed by atoms with Gasteiger partial charge in [0.05, 0.1) is 5.69 Å². The molecule has 2 atom stereocenters. The van der Waals surface area contributed by atoms with Crippen LogP contribution in [0.2, 0.25) is 5.02 Å². The summed E-state index contributed by atoms with van der Waals surface area (Å²) in [5.74, 6) is 0.453. The summed E-state index contributed by atoms with van der Waals surface area (Å²) in [6.45, 7) is 0.0142. The molecular weight excluding hydrogens is 328 g/mol. The van der Waals surface area contributed by atoms with Crippen molar-refractivity contribution < 1.29 is 14.3 Å². The summed E-state index contributed by atoms with van der Waals surface area (Å²) in [6, 6.07) is 12.8. The third kappa shape index (κ3) is 2.83. The SMILES string of the molecule is O=C1COc2ccc(NC(=O)C3CC3c3ccccc3Cl)cc2N1. The summed E-state index contributed by atoms with van der Waals surface area (Å²) < 4.78 is 5.30. The van der Waals surface area contributed by atoms with Gasteiger partial charge in [-0.3, -0.25) is 9.59 Å². The van der Waals surface area contributed by atoms with E-state index in [4.69, 9.17) is 16.3 Å². The number of ether oxygens (including phenoxy) is 1. The molecule has 1 aliphatic heterocycles. The number of halogens is 1. The van der Waals surface area contributed by atoms with Crippen molar-refractivity contribution in [3.8, 4) is 5.75 Å². The maximum absolute atomic E-state index is 12.4. The number of nitrogens with one attached hydrogen (secondary N) is 2. The number of carbonyl (C=O) groups excluding carboxylic acids is 2. The summed E-state index contributed by atoms with van der Waals surface area (Å²) in [5, 5.41) is 6.33. The van der Waals surface area contributed by atoms with Crippen LogP contribution in [0.3, 0.4) is 0 Å². The van der Waals surface area contributed by atoms with Gasteiger partial charge in [-0.1, -0.05) is 29.8 Å². The molecule has 1 aliphatic carbocycles. The number of carbonyl (C=O) groups is 2. The average Bonchev–Trinajstić information content (AvgIpc) is 3.35. The van der Waals surface area contributed by atoms with Crippen LogP contribution in [0.1, 0.15) is 17.9 Å². The molecule has 1 heterocycles. The van der Waals surface area contributed by atoms with Gasteiger partial charge in [0.1, 0.15) is 5.75 Å². The van der Waals surface area contributed by atoms with Crippen molar-refractivity contribution in [1.29, 1.82) is 0 Å². The molecule has 6 heteroatoms. The summed E-state index contributed by atoms with van der Waals surface area (Å²) in [6.07, 6.45) is 0.792. The topological polar surface area (TPSA) is 67.4 Å². The van der Waals surface area contributed by atoms with Crippen LogP contribution >= 0.6 is 11.6 Å². The first-order valence-corrected chi connectivity index (χ1v) is 8.11. The summed E-state index contributed by atoms with van der Waals surface area (Å²) in [5.41, 5.74) is 2.22. The predicted molar refractivity (Wildman–Crippen MR) is 91.5 cm³/mol. The highest BCUT2D eigenvalue weighted by Crippen LogP contribution is 2.50. The van der Waals surface area contributed by atoms with Crippen molar-refractivity contribution in [2.75, 3.05) is 17.2 Å². The first-order chi connectivity index (χ1) is 11.6. The molecule has 5 nitrogen and oxygen atoms in total. The number of rotatable bonds is 3. The molecule has 2 aliphatic rings. The number of fused-ring (bicyclic) bond motifs is 1. The van der Waals surface area contributed by atoms with E-state index in [1.165, 1.54) is 0 Å². The molecule has 0 bridgehead atoms. The molecule has 2 unspecified atom stereocenters. The molecule has 0 aromatic heterocycles. The van der Waals surface area contributed by atoms with Gasteiger partial charge in [0.2, 0.25) is 5.91 Å². The van der Waals surface area contributed by atoms with Crippen molar-refractivity contribution in [1.82, 2.24) is 0 Å². The maximum atomic E-state index is 12.4. The highest BCUT2D eigenvalue weighted by molar-refractivity contribution is 6.31. The molecule has 2 aromatic rings. The van der Waals surface area contributed by atoms with E-state index in [-0.39, 0.29) is 30.3 Å². The molecule has 2 N–H and O–H groups in total. The van der Waals surface area contributed by atoms with E-state index in [2.05, 4.69) is 10.6 Å². The summed E-state index contributed by atoms with van der Waals surface area (Å²) in [7, 11) is 0. The highest BCUT2D eigenvalue weighted by atomic mass is 35.5. The highest BCUT2D eigenvalue weighted by Gasteiger charge is 2.44. The Morgan fingerprint density at radius 1 is 1.25 bits per heavy atom. The van der Waals surface area contributed by atoms with Crippen LogP contribution in [0, 0.1) is 5.92 Å². The fourth-order valence-corrected chi connectivity index (χ4v) is 3.28. The van der Waals surface area contributed by atoms with Gasteiger partial charge in [0, 0.05) is 16.6 Å². The second-order valence-corrected chi connectivity index (χ2v) is 6.41. The third-order valence-electron chi connectivity index (χ3n) is 4.31. The molecule has 122 valence electrons. The molecular formula is C18H15ClN2O3. The molecule has 4 rings (SSSR count). The number of amides is 2. The van der Waals surface area contributed by atoms with Crippen molar-refractivity contribution in [2.45, 2.75) is 12.3 Å².